The lowest BCUT2D eigenvalue weighted by Gasteiger charge is -2.13. The fraction of sp³-hybridized carbons (Fsp3) is 0.250. The Labute approximate surface area is 191 Å². The Bertz CT molecular complexity index is 1530. The van der Waals surface area contributed by atoms with Gasteiger partial charge in [-0.3, -0.25) is 9.78 Å². The van der Waals surface area contributed by atoms with Gasteiger partial charge < -0.3 is 9.30 Å². The number of halogens is 2. The quantitative estimate of drug-likeness (QED) is 0.432. The number of ether oxygens (including phenoxy) is 1. The first-order valence-electron chi connectivity index (χ1n) is 11.7. The summed E-state index contributed by atoms with van der Waals surface area (Å²) in [5.74, 6) is 0.501. The molecule has 0 radical (unpaired) electrons. The topological polar surface area (TPSA) is 85.7 Å². The molecule has 3 heterocycles. The SMILES string of the molecule is [2H]C([2H])([2H])Oc1ccc(-n2nc3c(C#N)cn(CC4CC4)c3c(-c3ccc(C(F)F)nc3)c2=O)cc1. The number of methoxy groups -OCH3 is 1. The van der Waals surface area contributed by atoms with Crippen LogP contribution in [0.15, 0.2) is 53.6 Å². The molecule has 0 saturated heterocycles. The number of hydrogen-bond donors (Lipinski definition) is 0. The van der Waals surface area contributed by atoms with E-state index in [1.807, 2.05) is 4.57 Å². The average Bonchev–Trinajstić information content (AvgIpc) is 3.59. The number of nitriles is 1. The molecule has 1 saturated carbocycles. The first kappa shape index (κ1) is 17.5. The molecule has 0 atom stereocenters. The van der Waals surface area contributed by atoms with E-state index in [1.165, 1.54) is 36.5 Å². The second-order valence-corrected chi connectivity index (χ2v) is 7.91. The van der Waals surface area contributed by atoms with Crippen LogP contribution in [0.4, 0.5) is 8.78 Å². The lowest BCUT2D eigenvalue weighted by Crippen LogP contribution is -2.24. The molecule has 5 rings (SSSR count). The van der Waals surface area contributed by atoms with Crippen LogP contribution in [0.5, 0.6) is 5.75 Å². The number of nitrogens with zero attached hydrogens (tertiary/aromatic N) is 5. The predicted molar refractivity (Wildman–Crippen MR) is 118 cm³/mol. The monoisotopic (exact) mass is 450 g/mol. The van der Waals surface area contributed by atoms with E-state index in [0.717, 1.165) is 23.6 Å². The zero-order valence-electron chi connectivity index (χ0n) is 20.2. The first-order valence-corrected chi connectivity index (χ1v) is 10.2. The van der Waals surface area contributed by atoms with Gasteiger partial charge in [-0.1, -0.05) is 6.07 Å². The van der Waals surface area contributed by atoms with Crippen LogP contribution in [0.25, 0.3) is 27.8 Å². The minimum Gasteiger partial charge on any atom is -0.497 e. The lowest BCUT2D eigenvalue weighted by atomic mass is 10.1. The van der Waals surface area contributed by atoms with Crippen molar-refractivity contribution in [2.24, 2.45) is 5.92 Å². The molecule has 1 aliphatic carbocycles. The van der Waals surface area contributed by atoms with Crippen LogP contribution < -0.4 is 10.3 Å². The highest BCUT2D eigenvalue weighted by Gasteiger charge is 2.27. The molecule has 166 valence electrons. The van der Waals surface area contributed by atoms with Crippen molar-refractivity contribution < 1.29 is 17.6 Å². The molecule has 0 N–H and O–H groups in total. The second-order valence-electron chi connectivity index (χ2n) is 7.91. The minimum absolute atomic E-state index is 0.0770. The molecular weight excluding hydrogens is 428 g/mol. The number of rotatable bonds is 6. The van der Waals surface area contributed by atoms with Gasteiger partial charge >= 0.3 is 0 Å². The van der Waals surface area contributed by atoms with Crippen LogP contribution in [0.1, 0.15) is 34.6 Å². The third-order valence-electron chi connectivity index (χ3n) is 5.66. The summed E-state index contributed by atoms with van der Waals surface area (Å²) in [6, 6.07) is 10.4. The van der Waals surface area contributed by atoms with Crippen molar-refractivity contribution in [3.63, 3.8) is 0 Å². The van der Waals surface area contributed by atoms with Gasteiger partial charge in [-0.15, -0.1) is 0 Å². The fourth-order valence-corrected chi connectivity index (χ4v) is 3.84. The minimum atomic E-state index is -2.76. The Morgan fingerprint density at radius 2 is 2.06 bits per heavy atom. The van der Waals surface area contributed by atoms with Crippen LogP contribution in [0.3, 0.4) is 0 Å². The van der Waals surface area contributed by atoms with E-state index in [1.54, 1.807) is 6.20 Å². The maximum Gasteiger partial charge on any atom is 0.281 e. The van der Waals surface area contributed by atoms with Crippen molar-refractivity contribution in [3.05, 3.63) is 70.4 Å². The fourth-order valence-electron chi connectivity index (χ4n) is 3.84. The van der Waals surface area contributed by atoms with Crippen LogP contribution >= 0.6 is 0 Å². The normalized spacial score (nSPS) is 15.2. The van der Waals surface area contributed by atoms with E-state index in [0.29, 0.717) is 29.2 Å². The van der Waals surface area contributed by atoms with Crippen molar-refractivity contribution in [3.8, 4) is 28.6 Å². The summed E-state index contributed by atoms with van der Waals surface area (Å²) in [6.45, 7) is 0.597. The summed E-state index contributed by atoms with van der Waals surface area (Å²) in [6.07, 6.45) is 2.19. The molecule has 0 spiro atoms. The van der Waals surface area contributed by atoms with Crippen LogP contribution in [-0.2, 0) is 6.54 Å². The Morgan fingerprint density at radius 3 is 2.67 bits per heavy atom. The molecule has 4 aromatic rings. The molecule has 0 unspecified atom stereocenters. The Morgan fingerprint density at radius 1 is 1.27 bits per heavy atom. The molecule has 33 heavy (non-hydrogen) atoms. The van der Waals surface area contributed by atoms with Crippen LogP contribution in [0.2, 0.25) is 0 Å². The van der Waals surface area contributed by atoms with E-state index in [4.69, 9.17) is 8.85 Å². The van der Waals surface area contributed by atoms with Gasteiger partial charge in [0.15, 0.2) is 0 Å². The number of hydrogen-bond acceptors (Lipinski definition) is 5. The molecule has 1 aliphatic rings. The Balaban J connectivity index is 1.73. The largest absolute Gasteiger partial charge is 0.497 e. The number of aromatic nitrogens is 4. The zero-order valence-corrected chi connectivity index (χ0v) is 17.2. The van der Waals surface area contributed by atoms with E-state index in [2.05, 4.69) is 16.2 Å². The molecule has 3 aromatic heterocycles. The van der Waals surface area contributed by atoms with Crippen molar-refractivity contribution in [2.45, 2.75) is 25.8 Å². The first-order chi connectivity index (χ1) is 17.1. The summed E-state index contributed by atoms with van der Waals surface area (Å²) in [4.78, 5) is 17.6. The molecule has 0 aliphatic heterocycles. The smallest absolute Gasteiger partial charge is 0.281 e. The van der Waals surface area contributed by atoms with Crippen LogP contribution in [0, 0.1) is 17.2 Å². The third kappa shape index (κ3) is 3.74. The highest BCUT2D eigenvalue weighted by atomic mass is 19.3. The third-order valence-corrected chi connectivity index (χ3v) is 5.66. The summed E-state index contributed by atoms with van der Waals surface area (Å²) in [5.41, 5.74) is 0.823. The van der Waals surface area contributed by atoms with Gasteiger partial charge in [0.2, 0.25) is 0 Å². The summed E-state index contributed by atoms with van der Waals surface area (Å²) in [7, 11) is -2.63. The van der Waals surface area contributed by atoms with Gasteiger partial charge in [0.1, 0.15) is 23.0 Å². The molecule has 1 fully saturated rings. The van der Waals surface area contributed by atoms with Crippen molar-refractivity contribution in [2.75, 3.05) is 7.04 Å². The van der Waals surface area contributed by atoms with E-state index in [-0.39, 0.29) is 22.4 Å². The Kier molecular flexibility index (Phi) is 4.31. The number of fused-ring (bicyclic) bond motifs is 1. The molecule has 9 heteroatoms. The van der Waals surface area contributed by atoms with E-state index in [9.17, 15) is 18.8 Å². The molecule has 1 aromatic carbocycles. The van der Waals surface area contributed by atoms with E-state index >= 15 is 0 Å². The predicted octanol–water partition coefficient (Wildman–Crippen LogP) is 4.48. The van der Waals surface area contributed by atoms with Crippen molar-refractivity contribution in [1.82, 2.24) is 19.3 Å². The maximum absolute atomic E-state index is 13.8. The van der Waals surface area contributed by atoms with E-state index < -0.39 is 24.7 Å². The van der Waals surface area contributed by atoms with Crippen molar-refractivity contribution in [1.29, 1.82) is 5.26 Å². The van der Waals surface area contributed by atoms with Gasteiger partial charge in [-0.05, 0) is 49.1 Å². The van der Waals surface area contributed by atoms with Crippen LogP contribution in [-0.4, -0.2) is 26.4 Å². The lowest BCUT2D eigenvalue weighted by molar-refractivity contribution is 0.146. The molecule has 0 bridgehead atoms. The summed E-state index contributed by atoms with van der Waals surface area (Å²) >= 11 is 0. The summed E-state index contributed by atoms with van der Waals surface area (Å²) < 4.78 is 55.7. The second kappa shape index (κ2) is 8.13. The molecule has 7 nitrogen and oxygen atoms in total. The zero-order chi connectivity index (χ0) is 25.6. The molecule has 0 amide bonds. The highest BCUT2D eigenvalue weighted by molar-refractivity contribution is 5.94. The standard InChI is InChI=1S/C24H19F2N5O2/c1-33-18-7-5-17(6-8-18)31-24(32)20(15-4-9-19(23(25)26)28-11-15)22-21(29-31)16(10-27)13-30(22)12-14-2-3-14/h4-9,11,13-14,23H,2-3,12H2,1H3/i1D3. The number of alkyl halides is 2. The number of pyridine rings is 1. The van der Waals surface area contributed by atoms with Gasteiger partial charge in [0.25, 0.3) is 12.0 Å². The van der Waals surface area contributed by atoms with Gasteiger partial charge in [0, 0.05) is 24.5 Å². The van der Waals surface area contributed by atoms with Gasteiger partial charge in [0.05, 0.1) is 33.5 Å². The highest BCUT2D eigenvalue weighted by Crippen LogP contribution is 2.35. The van der Waals surface area contributed by atoms with Gasteiger partial charge in [-0.2, -0.15) is 15.0 Å². The van der Waals surface area contributed by atoms with Crippen molar-refractivity contribution >= 4 is 11.0 Å². The maximum atomic E-state index is 13.8. The number of benzene rings is 1. The Hall–Kier alpha value is -4.06. The molecular formula is C24H19F2N5O2. The average molecular weight is 450 g/mol. The summed E-state index contributed by atoms with van der Waals surface area (Å²) in [5, 5.41) is 14.2. The van der Waals surface area contributed by atoms with Gasteiger partial charge in [-0.25, -0.2) is 8.78 Å².